The second kappa shape index (κ2) is 9.32. The summed E-state index contributed by atoms with van der Waals surface area (Å²) in [5.74, 6) is -1.53. The molecule has 2 N–H and O–H groups in total. The number of carbonyl (C=O) groups is 3. The fourth-order valence-electron chi connectivity index (χ4n) is 2.28. The van der Waals surface area contributed by atoms with Crippen LogP contribution < -0.4 is 10.6 Å². The monoisotopic (exact) mass is 432 g/mol. The average Bonchev–Trinajstić information content (AvgIpc) is 2.62. The van der Waals surface area contributed by atoms with Gasteiger partial charge in [0.2, 0.25) is 0 Å². The van der Waals surface area contributed by atoms with Crippen molar-refractivity contribution in [1.82, 2.24) is 5.32 Å². The summed E-state index contributed by atoms with van der Waals surface area (Å²) in [7, 11) is 0. The minimum atomic E-state index is -0.986. The van der Waals surface area contributed by atoms with E-state index in [9.17, 15) is 14.4 Å². The Balaban J connectivity index is 1.84. The Morgan fingerprint density at radius 3 is 2.56 bits per heavy atom. The lowest BCUT2D eigenvalue weighted by Gasteiger charge is -2.15. The van der Waals surface area contributed by atoms with Gasteiger partial charge in [0.15, 0.2) is 6.10 Å². The third-order valence-electron chi connectivity index (χ3n) is 3.81. The Kier molecular flexibility index (Phi) is 7.12. The van der Waals surface area contributed by atoms with Crippen LogP contribution in [0.3, 0.4) is 0 Å². The second-order valence-electron chi connectivity index (χ2n) is 6.13. The first-order chi connectivity index (χ1) is 12.8. The lowest BCUT2D eigenvalue weighted by molar-refractivity contribution is -0.152. The van der Waals surface area contributed by atoms with Crippen LogP contribution in [0.2, 0.25) is 0 Å². The zero-order valence-electron chi connectivity index (χ0n) is 15.3. The standard InChI is InChI=1S/C20H21BrN2O4/c1-12-7-8-13(2)17(9-12)23-19(25)14(3)27-18(24)11-22-20(26)15-5-4-6-16(21)10-15/h4-10,14H,11H2,1-3H3,(H,22,26)(H,23,25). The maximum atomic E-state index is 12.2. The largest absolute Gasteiger partial charge is 0.451 e. The quantitative estimate of drug-likeness (QED) is 0.685. The van der Waals surface area contributed by atoms with Gasteiger partial charge < -0.3 is 15.4 Å². The Bertz CT molecular complexity index is 867. The number of amides is 2. The highest BCUT2D eigenvalue weighted by atomic mass is 79.9. The zero-order chi connectivity index (χ0) is 20.0. The van der Waals surface area contributed by atoms with E-state index in [-0.39, 0.29) is 6.54 Å². The van der Waals surface area contributed by atoms with Crippen LogP contribution in [-0.4, -0.2) is 30.4 Å². The highest BCUT2D eigenvalue weighted by Gasteiger charge is 2.19. The summed E-state index contributed by atoms with van der Waals surface area (Å²) in [5, 5.41) is 5.21. The fourth-order valence-corrected chi connectivity index (χ4v) is 2.68. The van der Waals surface area contributed by atoms with Gasteiger partial charge in [-0.25, -0.2) is 0 Å². The van der Waals surface area contributed by atoms with E-state index < -0.39 is 23.9 Å². The Morgan fingerprint density at radius 1 is 1.11 bits per heavy atom. The molecule has 2 aromatic carbocycles. The molecule has 0 aliphatic rings. The molecule has 0 heterocycles. The predicted octanol–water partition coefficient (Wildman–Crippen LogP) is 3.37. The molecule has 6 nitrogen and oxygen atoms in total. The number of nitrogens with one attached hydrogen (secondary N) is 2. The van der Waals surface area contributed by atoms with E-state index in [2.05, 4.69) is 26.6 Å². The van der Waals surface area contributed by atoms with Gasteiger partial charge in [0.25, 0.3) is 11.8 Å². The predicted molar refractivity (Wildman–Crippen MR) is 107 cm³/mol. The number of hydrogen-bond donors (Lipinski definition) is 2. The van der Waals surface area contributed by atoms with E-state index in [0.717, 1.165) is 15.6 Å². The molecule has 1 unspecified atom stereocenters. The third-order valence-corrected chi connectivity index (χ3v) is 4.30. The van der Waals surface area contributed by atoms with Crippen molar-refractivity contribution in [3.05, 3.63) is 63.6 Å². The molecule has 1 atom stereocenters. The zero-order valence-corrected chi connectivity index (χ0v) is 16.9. The highest BCUT2D eigenvalue weighted by molar-refractivity contribution is 9.10. The SMILES string of the molecule is Cc1ccc(C)c(NC(=O)C(C)OC(=O)CNC(=O)c2cccc(Br)c2)c1. The molecule has 0 bridgehead atoms. The number of ether oxygens (including phenoxy) is 1. The van der Waals surface area contributed by atoms with Crippen molar-refractivity contribution < 1.29 is 19.1 Å². The molecule has 0 spiro atoms. The first-order valence-electron chi connectivity index (χ1n) is 8.37. The minimum Gasteiger partial charge on any atom is -0.451 e. The van der Waals surface area contributed by atoms with E-state index in [4.69, 9.17) is 4.74 Å². The molecule has 2 aromatic rings. The number of aryl methyl sites for hydroxylation is 2. The summed E-state index contributed by atoms with van der Waals surface area (Å²) in [5.41, 5.74) is 3.01. The molecule has 0 fully saturated rings. The van der Waals surface area contributed by atoms with Crippen molar-refractivity contribution in [2.75, 3.05) is 11.9 Å². The number of hydrogen-bond acceptors (Lipinski definition) is 4. The van der Waals surface area contributed by atoms with Crippen molar-refractivity contribution in [3.63, 3.8) is 0 Å². The Hall–Kier alpha value is -2.67. The lowest BCUT2D eigenvalue weighted by Crippen LogP contribution is -2.36. The molecule has 142 valence electrons. The van der Waals surface area contributed by atoms with Crippen LogP contribution in [0.15, 0.2) is 46.9 Å². The van der Waals surface area contributed by atoms with Crippen LogP contribution >= 0.6 is 15.9 Å². The molecule has 0 aromatic heterocycles. The van der Waals surface area contributed by atoms with Gasteiger partial charge >= 0.3 is 5.97 Å². The molecule has 0 aliphatic carbocycles. The molecular weight excluding hydrogens is 412 g/mol. The van der Waals surface area contributed by atoms with Gasteiger partial charge in [-0.05, 0) is 56.2 Å². The maximum Gasteiger partial charge on any atom is 0.326 e. The van der Waals surface area contributed by atoms with E-state index in [0.29, 0.717) is 11.3 Å². The summed E-state index contributed by atoms with van der Waals surface area (Å²) in [6.07, 6.45) is -0.986. The van der Waals surface area contributed by atoms with Crippen LogP contribution in [0.5, 0.6) is 0 Å². The Morgan fingerprint density at radius 2 is 1.85 bits per heavy atom. The molecule has 2 amide bonds. The first-order valence-corrected chi connectivity index (χ1v) is 9.17. The van der Waals surface area contributed by atoms with E-state index in [1.54, 1.807) is 24.3 Å². The van der Waals surface area contributed by atoms with Crippen LogP contribution in [0.25, 0.3) is 0 Å². The van der Waals surface area contributed by atoms with Crippen molar-refractivity contribution in [3.8, 4) is 0 Å². The van der Waals surface area contributed by atoms with Gasteiger partial charge in [0.1, 0.15) is 6.54 Å². The molecule has 0 saturated heterocycles. The number of benzene rings is 2. The number of halogens is 1. The molecule has 0 aliphatic heterocycles. The molecule has 0 radical (unpaired) electrons. The molecule has 7 heteroatoms. The van der Waals surface area contributed by atoms with E-state index >= 15 is 0 Å². The van der Waals surface area contributed by atoms with Crippen molar-refractivity contribution in [2.45, 2.75) is 26.9 Å². The molecular formula is C20H21BrN2O4. The van der Waals surface area contributed by atoms with Crippen molar-refractivity contribution in [1.29, 1.82) is 0 Å². The topological polar surface area (TPSA) is 84.5 Å². The van der Waals surface area contributed by atoms with Crippen molar-refractivity contribution >= 4 is 39.4 Å². The number of esters is 1. The van der Waals surface area contributed by atoms with Gasteiger partial charge in [-0.15, -0.1) is 0 Å². The smallest absolute Gasteiger partial charge is 0.326 e. The minimum absolute atomic E-state index is 0.327. The average molecular weight is 433 g/mol. The summed E-state index contributed by atoms with van der Waals surface area (Å²) in [4.78, 5) is 36.1. The van der Waals surface area contributed by atoms with E-state index in [1.165, 1.54) is 6.92 Å². The molecule has 2 rings (SSSR count). The molecule has 27 heavy (non-hydrogen) atoms. The van der Waals surface area contributed by atoms with Crippen LogP contribution in [0.1, 0.15) is 28.4 Å². The maximum absolute atomic E-state index is 12.2. The van der Waals surface area contributed by atoms with Gasteiger partial charge in [0, 0.05) is 15.7 Å². The summed E-state index contributed by atoms with van der Waals surface area (Å²) in [6, 6.07) is 12.5. The normalized spacial score (nSPS) is 11.4. The van der Waals surface area contributed by atoms with Gasteiger partial charge in [-0.2, -0.15) is 0 Å². The lowest BCUT2D eigenvalue weighted by atomic mass is 10.1. The van der Waals surface area contributed by atoms with E-state index in [1.807, 2.05) is 32.0 Å². The van der Waals surface area contributed by atoms with Crippen molar-refractivity contribution in [2.24, 2.45) is 0 Å². The summed E-state index contributed by atoms with van der Waals surface area (Å²) in [6.45, 7) is 4.95. The summed E-state index contributed by atoms with van der Waals surface area (Å²) >= 11 is 3.28. The number of anilines is 1. The fraction of sp³-hybridized carbons (Fsp3) is 0.250. The van der Waals surface area contributed by atoms with Crippen LogP contribution in [0.4, 0.5) is 5.69 Å². The van der Waals surface area contributed by atoms with Crippen LogP contribution in [0, 0.1) is 13.8 Å². The summed E-state index contributed by atoms with van der Waals surface area (Å²) < 4.78 is 5.85. The van der Waals surface area contributed by atoms with Gasteiger partial charge in [0.05, 0.1) is 0 Å². The van der Waals surface area contributed by atoms with Gasteiger partial charge in [-0.1, -0.05) is 34.1 Å². The third kappa shape index (κ3) is 6.21. The second-order valence-corrected chi connectivity index (χ2v) is 7.05. The Labute approximate surface area is 166 Å². The van der Waals surface area contributed by atoms with Crippen LogP contribution in [-0.2, 0) is 14.3 Å². The number of carbonyl (C=O) groups excluding carboxylic acids is 3. The number of rotatable bonds is 6. The van der Waals surface area contributed by atoms with Gasteiger partial charge in [-0.3, -0.25) is 14.4 Å². The first kappa shape index (κ1) is 20.6. The molecule has 0 saturated carbocycles. The highest BCUT2D eigenvalue weighted by Crippen LogP contribution is 2.17.